The van der Waals surface area contributed by atoms with Crippen LogP contribution in [0.1, 0.15) is 24.4 Å². The zero-order valence-electron chi connectivity index (χ0n) is 11.5. The zero-order chi connectivity index (χ0) is 15.6. The molecule has 0 bridgehead atoms. The van der Waals surface area contributed by atoms with E-state index in [1.165, 1.54) is 6.07 Å². The molecule has 2 rings (SSSR count). The minimum Gasteiger partial charge on any atom is -0.475 e. The standard InChI is InChI=1S/C15H14BrNO4/c1-8(2)14(18)17-9-3-4-10(11(16)7-9)12-5-6-13(21-12)15(19)20/h3-8H,1-2H3,(H,17,18)(H,19,20). The van der Waals surface area contributed by atoms with E-state index in [9.17, 15) is 9.59 Å². The van der Waals surface area contributed by atoms with E-state index in [-0.39, 0.29) is 17.6 Å². The van der Waals surface area contributed by atoms with Gasteiger partial charge >= 0.3 is 5.97 Å². The Hall–Kier alpha value is -2.08. The van der Waals surface area contributed by atoms with Crippen LogP contribution in [0.25, 0.3) is 11.3 Å². The first-order chi connectivity index (χ1) is 9.88. The maximum absolute atomic E-state index is 11.6. The van der Waals surface area contributed by atoms with E-state index in [1.807, 2.05) is 13.8 Å². The molecule has 0 radical (unpaired) electrons. The largest absolute Gasteiger partial charge is 0.475 e. The number of carbonyl (C=O) groups excluding carboxylic acids is 1. The lowest BCUT2D eigenvalue weighted by atomic mass is 10.1. The molecule has 0 saturated heterocycles. The molecule has 0 spiro atoms. The Morgan fingerprint density at radius 3 is 2.48 bits per heavy atom. The summed E-state index contributed by atoms with van der Waals surface area (Å²) in [6, 6.07) is 8.24. The highest BCUT2D eigenvalue weighted by Gasteiger charge is 2.14. The molecule has 0 unspecified atom stereocenters. The fraction of sp³-hybridized carbons (Fsp3) is 0.200. The van der Waals surface area contributed by atoms with Gasteiger partial charge in [-0.25, -0.2) is 4.79 Å². The molecule has 6 heteroatoms. The SMILES string of the molecule is CC(C)C(=O)Nc1ccc(-c2ccc(C(=O)O)o2)c(Br)c1. The molecule has 2 N–H and O–H groups in total. The van der Waals surface area contributed by atoms with E-state index in [0.717, 1.165) is 0 Å². The minimum atomic E-state index is -1.11. The summed E-state index contributed by atoms with van der Waals surface area (Å²) in [5.41, 5.74) is 1.37. The molecule has 2 aromatic rings. The maximum atomic E-state index is 11.6. The van der Waals surface area contributed by atoms with E-state index >= 15 is 0 Å². The number of carboxylic acids is 1. The van der Waals surface area contributed by atoms with Crippen LogP contribution < -0.4 is 5.32 Å². The second kappa shape index (κ2) is 6.13. The maximum Gasteiger partial charge on any atom is 0.371 e. The van der Waals surface area contributed by atoms with Gasteiger partial charge in [0.25, 0.3) is 0 Å². The summed E-state index contributed by atoms with van der Waals surface area (Å²) in [4.78, 5) is 22.5. The molecule has 0 aliphatic rings. The number of aromatic carboxylic acids is 1. The molecule has 1 heterocycles. The van der Waals surface area contributed by atoms with Gasteiger partial charge in [0.1, 0.15) is 5.76 Å². The van der Waals surface area contributed by atoms with Crippen molar-refractivity contribution < 1.29 is 19.1 Å². The van der Waals surface area contributed by atoms with Crippen molar-refractivity contribution in [3.63, 3.8) is 0 Å². The molecule has 0 saturated carbocycles. The highest BCUT2D eigenvalue weighted by molar-refractivity contribution is 9.10. The van der Waals surface area contributed by atoms with Gasteiger partial charge in [-0.3, -0.25) is 4.79 Å². The van der Waals surface area contributed by atoms with Gasteiger partial charge in [0.05, 0.1) is 0 Å². The molecule has 5 nitrogen and oxygen atoms in total. The molecule has 21 heavy (non-hydrogen) atoms. The normalized spacial score (nSPS) is 10.7. The highest BCUT2D eigenvalue weighted by atomic mass is 79.9. The molecular weight excluding hydrogens is 338 g/mol. The summed E-state index contributed by atoms with van der Waals surface area (Å²) in [6.07, 6.45) is 0. The Morgan fingerprint density at radius 1 is 1.24 bits per heavy atom. The van der Waals surface area contributed by atoms with Crippen molar-refractivity contribution in [2.24, 2.45) is 5.92 Å². The number of nitrogens with one attached hydrogen (secondary N) is 1. The van der Waals surface area contributed by atoms with Crippen molar-refractivity contribution in [2.75, 3.05) is 5.32 Å². The van der Waals surface area contributed by atoms with Crippen LogP contribution in [-0.4, -0.2) is 17.0 Å². The lowest BCUT2D eigenvalue weighted by molar-refractivity contribution is -0.118. The fourth-order valence-electron chi connectivity index (χ4n) is 1.68. The molecule has 1 amide bonds. The highest BCUT2D eigenvalue weighted by Crippen LogP contribution is 2.32. The predicted molar refractivity (Wildman–Crippen MR) is 82.3 cm³/mol. The van der Waals surface area contributed by atoms with Gasteiger partial charge in [-0.2, -0.15) is 0 Å². The number of furan rings is 1. The van der Waals surface area contributed by atoms with Gasteiger partial charge in [-0.1, -0.05) is 13.8 Å². The minimum absolute atomic E-state index is 0.0687. The Bertz CT molecular complexity index is 691. The summed E-state index contributed by atoms with van der Waals surface area (Å²) in [5, 5.41) is 11.6. The molecule has 0 aliphatic heterocycles. The van der Waals surface area contributed by atoms with Crippen LogP contribution in [-0.2, 0) is 4.79 Å². The van der Waals surface area contributed by atoms with Gasteiger partial charge in [-0.05, 0) is 46.3 Å². The van der Waals surface area contributed by atoms with Crippen LogP contribution in [0.15, 0.2) is 39.2 Å². The predicted octanol–water partition coefficient (Wildman–Crippen LogP) is 4.00. The third kappa shape index (κ3) is 3.52. The molecule has 1 aromatic carbocycles. The van der Waals surface area contributed by atoms with Crippen LogP contribution in [0.2, 0.25) is 0 Å². The van der Waals surface area contributed by atoms with E-state index in [2.05, 4.69) is 21.2 Å². The van der Waals surface area contributed by atoms with Gasteiger partial charge in [-0.15, -0.1) is 0 Å². The average Bonchev–Trinajstić information content (AvgIpc) is 2.88. The smallest absolute Gasteiger partial charge is 0.371 e. The van der Waals surface area contributed by atoms with E-state index in [4.69, 9.17) is 9.52 Å². The number of hydrogen-bond acceptors (Lipinski definition) is 3. The van der Waals surface area contributed by atoms with Crippen LogP contribution in [0.5, 0.6) is 0 Å². The Balaban J connectivity index is 2.26. The van der Waals surface area contributed by atoms with Gasteiger partial charge in [0.15, 0.2) is 0 Å². The first kappa shape index (κ1) is 15.3. The number of hydrogen-bond donors (Lipinski definition) is 2. The number of amides is 1. The first-order valence-corrected chi connectivity index (χ1v) is 7.11. The molecular formula is C15H14BrNO4. The molecule has 0 fully saturated rings. The van der Waals surface area contributed by atoms with Crippen LogP contribution in [0.3, 0.4) is 0 Å². The summed E-state index contributed by atoms with van der Waals surface area (Å²) >= 11 is 3.40. The van der Waals surface area contributed by atoms with E-state index in [1.54, 1.807) is 24.3 Å². The van der Waals surface area contributed by atoms with E-state index < -0.39 is 5.97 Å². The lowest BCUT2D eigenvalue weighted by Gasteiger charge is -2.09. The van der Waals surface area contributed by atoms with Crippen LogP contribution in [0, 0.1) is 5.92 Å². The van der Waals surface area contributed by atoms with Crippen molar-refractivity contribution in [1.82, 2.24) is 0 Å². The topological polar surface area (TPSA) is 79.5 Å². The Labute approximate surface area is 130 Å². The zero-order valence-corrected chi connectivity index (χ0v) is 13.1. The van der Waals surface area contributed by atoms with Crippen LogP contribution >= 0.6 is 15.9 Å². The summed E-state index contributed by atoms with van der Waals surface area (Å²) in [6.45, 7) is 3.63. The monoisotopic (exact) mass is 351 g/mol. The van der Waals surface area contributed by atoms with Gasteiger partial charge in [0, 0.05) is 21.6 Å². The number of carbonyl (C=O) groups is 2. The summed E-state index contributed by atoms with van der Waals surface area (Å²) in [5.74, 6) is -0.958. The quantitative estimate of drug-likeness (QED) is 0.872. The average molecular weight is 352 g/mol. The number of halogens is 1. The number of anilines is 1. The lowest BCUT2D eigenvalue weighted by Crippen LogP contribution is -2.17. The second-order valence-electron chi connectivity index (χ2n) is 4.81. The third-order valence-electron chi connectivity index (χ3n) is 2.84. The molecule has 0 atom stereocenters. The number of benzene rings is 1. The Morgan fingerprint density at radius 2 is 1.95 bits per heavy atom. The summed E-state index contributed by atoms with van der Waals surface area (Å²) in [7, 11) is 0. The van der Waals surface area contributed by atoms with Crippen molar-refractivity contribution in [3.8, 4) is 11.3 Å². The van der Waals surface area contributed by atoms with Gasteiger partial charge < -0.3 is 14.8 Å². The molecule has 0 aliphatic carbocycles. The van der Waals surface area contributed by atoms with Crippen molar-refractivity contribution >= 4 is 33.5 Å². The van der Waals surface area contributed by atoms with Gasteiger partial charge in [0.2, 0.25) is 11.7 Å². The van der Waals surface area contributed by atoms with Crippen molar-refractivity contribution in [3.05, 3.63) is 40.6 Å². The molecule has 110 valence electrons. The second-order valence-corrected chi connectivity index (χ2v) is 5.66. The summed E-state index contributed by atoms with van der Waals surface area (Å²) < 4.78 is 5.96. The number of rotatable bonds is 4. The van der Waals surface area contributed by atoms with Crippen molar-refractivity contribution in [1.29, 1.82) is 0 Å². The number of carboxylic acid groups (broad SMARTS) is 1. The van der Waals surface area contributed by atoms with E-state index in [0.29, 0.717) is 21.5 Å². The third-order valence-corrected chi connectivity index (χ3v) is 3.50. The fourth-order valence-corrected chi connectivity index (χ4v) is 2.25. The first-order valence-electron chi connectivity index (χ1n) is 6.32. The molecule has 1 aromatic heterocycles. The van der Waals surface area contributed by atoms with Crippen molar-refractivity contribution in [2.45, 2.75) is 13.8 Å². The Kier molecular flexibility index (Phi) is 4.47. The van der Waals surface area contributed by atoms with Crippen LogP contribution in [0.4, 0.5) is 5.69 Å².